The van der Waals surface area contributed by atoms with E-state index in [9.17, 15) is 58.0 Å². The quantitative estimate of drug-likeness (QED) is 0.0380. The maximum atomic E-state index is 12.8. The number of carboxylic acid groups (broad SMARTS) is 2. The molecule has 2 atom stereocenters. The molecule has 23 heteroatoms. The highest BCUT2D eigenvalue weighted by Crippen LogP contribution is 2.29. The van der Waals surface area contributed by atoms with Crippen molar-refractivity contribution in [3.63, 3.8) is 0 Å². The molecule has 0 aromatic rings. The fourth-order valence-electron chi connectivity index (χ4n) is 8.44. The minimum atomic E-state index is -1.24. The van der Waals surface area contributed by atoms with Gasteiger partial charge in [0, 0.05) is 88.9 Å². The number of aliphatic carboxylic acids is 2. The highest BCUT2D eigenvalue weighted by atomic mass is 16.4. The van der Waals surface area contributed by atoms with Gasteiger partial charge in [-0.25, -0.2) is 9.59 Å². The van der Waals surface area contributed by atoms with E-state index in [0.29, 0.717) is 103 Å². The third-order valence-corrected chi connectivity index (χ3v) is 12.8. The lowest BCUT2D eigenvalue weighted by molar-refractivity contribution is -0.140. The van der Waals surface area contributed by atoms with Crippen molar-refractivity contribution in [3.8, 4) is 0 Å². The zero-order valence-corrected chi connectivity index (χ0v) is 39.9. The molecule has 68 heavy (non-hydrogen) atoms. The first-order valence-corrected chi connectivity index (χ1v) is 23.9. The summed E-state index contributed by atoms with van der Waals surface area (Å²) >= 11 is 0. The molecular weight excluding hydrogens is 889 g/mol. The Morgan fingerprint density at radius 1 is 0.706 bits per heavy atom. The molecule has 1 unspecified atom stereocenters. The summed E-state index contributed by atoms with van der Waals surface area (Å²) in [4.78, 5) is 134. The van der Waals surface area contributed by atoms with Gasteiger partial charge < -0.3 is 51.6 Å². The zero-order chi connectivity index (χ0) is 50.4. The van der Waals surface area contributed by atoms with Crippen molar-refractivity contribution in [2.24, 2.45) is 34.6 Å². The molecule has 6 amide bonds. The van der Waals surface area contributed by atoms with E-state index < -0.39 is 36.0 Å². The third kappa shape index (κ3) is 25.8. The second-order valence-electron chi connectivity index (χ2n) is 18.3. The van der Waals surface area contributed by atoms with Crippen LogP contribution < -0.4 is 27.0 Å². The van der Waals surface area contributed by atoms with Crippen LogP contribution in [0.2, 0.25) is 0 Å². The molecule has 0 radical (unpaired) electrons. The number of nitrogens with two attached hydrogens (primary N) is 1. The topological polar surface area (TPSA) is 328 Å². The van der Waals surface area contributed by atoms with E-state index >= 15 is 0 Å². The summed E-state index contributed by atoms with van der Waals surface area (Å²) in [6.45, 7) is 7.93. The van der Waals surface area contributed by atoms with Crippen molar-refractivity contribution in [2.75, 3.05) is 91.6 Å². The molecule has 1 aliphatic heterocycles. The number of nitrogens with zero attached hydrogens (tertiary/aromatic N) is 5. The smallest absolute Gasteiger partial charge is 0.326 e. The number of carboxylic acids is 2. The minimum Gasteiger partial charge on any atom is -0.480 e. The van der Waals surface area contributed by atoms with Gasteiger partial charge in [-0.3, -0.25) is 43.6 Å². The Kier molecular flexibility index (Phi) is 28.8. The van der Waals surface area contributed by atoms with E-state index in [-0.39, 0.29) is 74.4 Å². The number of primary amides is 1. The minimum absolute atomic E-state index is 0.0105. The lowest BCUT2D eigenvalue weighted by Gasteiger charge is -2.33. The number of rotatable bonds is 24. The maximum absolute atomic E-state index is 12.8. The number of hydrogen-bond donors (Lipinski definition) is 7. The summed E-state index contributed by atoms with van der Waals surface area (Å²) in [6.07, 6.45) is 10.3. The van der Waals surface area contributed by atoms with Crippen molar-refractivity contribution >= 4 is 60.0 Å². The van der Waals surface area contributed by atoms with E-state index in [1.165, 1.54) is 6.92 Å². The number of nitrogens with one attached hydrogen (secondary N) is 4. The fraction of sp³-hybridized carbons (Fsp3) is 0.778. The van der Waals surface area contributed by atoms with Gasteiger partial charge in [0.25, 0.3) is 5.91 Å². The largest absolute Gasteiger partial charge is 0.480 e. The van der Waals surface area contributed by atoms with Crippen LogP contribution in [0.5, 0.6) is 0 Å². The Hall–Kier alpha value is -5.26. The average molecular weight is 965 g/mol. The predicted molar refractivity (Wildman–Crippen MR) is 249 cm³/mol. The molecule has 3 rings (SSSR count). The van der Waals surface area contributed by atoms with Crippen LogP contribution in [-0.2, 0) is 43.2 Å². The van der Waals surface area contributed by atoms with Gasteiger partial charge in [0.1, 0.15) is 24.4 Å². The first kappa shape index (κ1) is 58.9. The fourth-order valence-corrected chi connectivity index (χ4v) is 8.44. The lowest BCUT2D eigenvalue weighted by Crippen LogP contribution is -2.49. The van der Waals surface area contributed by atoms with E-state index in [1.807, 2.05) is 9.80 Å². The molecule has 384 valence electrons. The number of nitroso groups, excluding NO2 is 1. The van der Waals surface area contributed by atoms with E-state index in [4.69, 9.17) is 10.8 Å². The number of unbranched alkanes of at least 4 members (excludes halogenated alkanes) is 1. The van der Waals surface area contributed by atoms with E-state index in [1.54, 1.807) is 9.80 Å². The molecule has 1 heterocycles. The Balaban J connectivity index is 0.000000481. The summed E-state index contributed by atoms with van der Waals surface area (Å²) in [5.74, 6) is -2.48. The van der Waals surface area contributed by atoms with Crippen LogP contribution in [0.3, 0.4) is 0 Å². The van der Waals surface area contributed by atoms with Gasteiger partial charge >= 0.3 is 18.0 Å². The number of carbonyl (C=O) groups is 10. The summed E-state index contributed by atoms with van der Waals surface area (Å²) in [5, 5.41) is 31.6. The number of aldehydes is 2. The summed E-state index contributed by atoms with van der Waals surface area (Å²) in [5.41, 5.74) is 5.39. The van der Waals surface area contributed by atoms with Crippen molar-refractivity contribution in [3.05, 3.63) is 4.91 Å². The van der Waals surface area contributed by atoms with Gasteiger partial charge in [-0.1, -0.05) is 6.92 Å². The van der Waals surface area contributed by atoms with Crippen LogP contribution in [0.25, 0.3) is 0 Å². The van der Waals surface area contributed by atoms with Crippen molar-refractivity contribution in [1.29, 1.82) is 0 Å². The number of carbonyl (C=O) groups excluding carboxylic acids is 8. The predicted octanol–water partition coefficient (Wildman–Crippen LogP) is -0.0193. The van der Waals surface area contributed by atoms with Crippen LogP contribution in [0.1, 0.15) is 97.3 Å². The number of ketones is 1. The van der Waals surface area contributed by atoms with E-state index in [2.05, 4.69) is 33.4 Å². The zero-order valence-electron chi connectivity index (χ0n) is 39.9. The van der Waals surface area contributed by atoms with Crippen molar-refractivity contribution < 1.29 is 58.2 Å². The van der Waals surface area contributed by atoms with Crippen LogP contribution in [0.15, 0.2) is 5.18 Å². The van der Waals surface area contributed by atoms with Gasteiger partial charge in [0.2, 0.25) is 17.7 Å². The summed E-state index contributed by atoms with van der Waals surface area (Å²) in [6, 6.07) is -2.70. The van der Waals surface area contributed by atoms with Crippen LogP contribution in [-0.4, -0.2) is 193 Å². The molecule has 0 bridgehead atoms. The Morgan fingerprint density at radius 3 is 1.78 bits per heavy atom. The molecule has 2 aliphatic carbocycles. The first-order valence-electron chi connectivity index (χ1n) is 23.9. The average Bonchev–Trinajstić information content (AvgIpc) is 3.30. The van der Waals surface area contributed by atoms with Gasteiger partial charge in [0.15, 0.2) is 0 Å². The van der Waals surface area contributed by atoms with Crippen LogP contribution in [0, 0.1) is 28.6 Å². The molecule has 2 saturated carbocycles. The molecule has 3 aliphatic rings. The lowest BCUT2D eigenvalue weighted by atomic mass is 9.81. The Labute approximate surface area is 398 Å². The van der Waals surface area contributed by atoms with Gasteiger partial charge in [0.05, 0.1) is 32.2 Å². The highest BCUT2D eigenvalue weighted by molar-refractivity contribution is 5.85. The molecule has 3 fully saturated rings. The number of hydrogen-bond acceptors (Lipinski definition) is 15. The SMILES string of the molecule is CC(=O)CCC(NC(=O)N[C@H](C=O)CCCCNC(=O)C1CCC(C)CC1)C(=O)O.NC(=O)C1CCC(CNC(=O)CN2CCN(CC=O)CCN(CC(=O)N=O)CCN(CC(=O)O)CC2)CC1. The molecule has 0 spiro atoms. The van der Waals surface area contributed by atoms with Gasteiger partial charge in [-0.2, -0.15) is 0 Å². The first-order chi connectivity index (χ1) is 32.4. The van der Waals surface area contributed by atoms with Crippen LogP contribution >= 0.6 is 0 Å². The van der Waals surface area contributed by atoms with E-state index in [0.717, 1.165) is 57.7 Å². The number of amides is 6. The van der Waals surface area contributed by atoms with Crippen molar-refractivity contribution in [2.45, 2.75) is 109 Å². The molecule has 8 N–H and O–H groups in total. The summed E-state index contributed by atoms with van der Waals surface area (Å²) < 4.78 is 0. The maximum Gasteiger partial charge on any atom is 0.326 e. The monoisotopic (exact) mass is 965 g/mol. The second kappa shape index (κ2) is 33.3. The molecular formula is C45H76N10O13. The normalized spacial score (nSPS) is 22.1. The Morgan fingerprint density at radius 2 is 1.26 bits per heavy atom. The van der Waals surface area contributed by atoms with Gasteiger partial charge in [-0.05, 0) is 95.8 Å². The Bertz CT molecular complexity index is 1660. The second-order valence-corrected chi connectivity index (χ2v) is 18.3. The van der Waals surface area contributed by atoms with Crippen molar-refractivity contribution in [1.82, 2.24) is 40.9 Å². The molecule has 0 aromatic heterocycles. The third-order valence-electron chi connectivity index (χ3n) is 12.8. The van der Waals surface area contributed by atoms with Gasteiger partial charge in [-0.15, -0.1) is 4.91 Å². The van der Waals surface area contributed by atoms with Crippen LogP contribution in [0.4, 0.5) is 4.79 Å². The molecule has 1 saturated heterocycles. The number of urea groups is 1. The molecule has 23 nitrogen and oxygen atoms in total. The summed E-state index contributed by atoms with van der Waals surface area (Å²) in [7, 11) is 0. The number of Topliss-reactive ketones (excluding diaryl/α,β-unsaturated/α-hetero) is 1. The standard InChI is InChI=1S/C24H41N7O7.C21H35N3O6/c25-24(37)20-3-1-19(2-4-20)15-26-21(33)16-29-7-5-28(13-14-32)6-8-30(17-22(34)27-38)10-12-31(11-9-29)18-23(35)36;1-14-6-9-16(10-7-14)19(27)22-12-4-3-5-17(13-25)23-21(30)24-18(20(28)29)11-8-15(2)26/h14,19-20H,1-13,15-18H2,(H2,25,37)(H,26,33)(H,35,36);13-14,16-18H,3-12H2,1-2H3,(H,22,27)(H,28,29)(H2,23,24,30)/t;14?,16?,17-,18?/m.0/s1. The molecule has 0 aromatic carbocycles. The highest BCUT2D eigenvalue weighted by Gasteiger charge is 2.27.